The summed E-state index contributed by atoms with van der Waals surface area (Å²) in [5, 5.41) is 21.7. The maximum absolute atomic E-state index is 13.4. The number of hydrogen-bond acceptors (Lipinski definition) is 6. The molecule has 2 aliphatic rings. The Hall–Kier alpha value is -4.26. The molecule has 2 N–H and O–H groups in total. The van der Waals surface area contributed by atoms with E-state index in [1.165, 1.54) is 11.0 Å². The van der Waals surface area contributed by atoms with Crippen LogP contribution in [0.2, 0.25) is 0 Å². The Kier molecular flexibility index (Phi) is 6.61. The van der Waals surface area contributed by atoms with Crippen molar-refractivity contribution in [3.63, 3.8) is 0 Å². The Morgan fingerprint density at radius 1 is 1.08 bits per heavy atom. The number of rotatable bonds is 7. The van der Waals surface area contributed by atoms with Crippen LogP contribution in [0.1, 0.15) is 42.1 Å². The van der Waals surface area contributed by atoms with Crippen LogP contribution in [0, 0.1) is 0 Å². The normalized spacial score (nSPS) is 20.1. The quantitative estimate of drug-likeness (QED) is 0.276. The minimum absolute atomic E-state index is 0.0121. The van der Waals surface area contributed by atoms with Crippen LogP contribution in [0.4, 0.5) is 0 Å². The van der Waals surface area contributed by atoms with Crippen LogP contribution in [-0.4, -0.2) is 46.1 Å². The van der Waals surface area contributed by atoms with Gasteiger partial charge in [0.05, 0.1) is 18.2 Å². The van der Waals surface area contributed by atoms with Crippen LogP contribution in [0.25, 0.3) is 5.76 Å². The van der Waals surface area contributed by atoms with Crippen LogP contribution in [0.15, 0.2) is 72.3 Å². The van der Waals surface area contributed by atoms with E-state index in [4.69, 9.17) is 9.47 Å². The minimum atomic E-state index is -0.841. The second kappa shape index (κ2) is 10.0. The zero-order valence-corrected chi connectivity index (χ0v) is 20.8. The predicted molar refractivity (Wildman–Crippen MR) is 139 cm³/mol. The van der Waals surface area contributed by atoms with Crippen molar-refractivity contribution in [1.82, 2.24) is 4.90 Å². The first-order chi connectivity index (χ1) is 17.9. The molecule has 2 atom stereocenters. The van der Waals surface area contributed by atoms with Gasteiger partial charge in [-0.2, -0.15) is 0 Å². The number of nitrogens with zero attached hydrogens (tertiary/aromatic N) is 1. The molecule has 5 rings (SSSR count). The summed E-state index contributed by atoms with van der Waals surface area (Å²) in [7, 11) is 0. The number of fused-ring (bicyclic) bond motifs is 1. The minimum Gasteiger partial charge on any atom is -0.507 e. The summed E-state index contributed by atoms with van der Waals surface area (Å²) in [6.45, 7) is 4.38. The number of amides is 1. The zero-order valence-electron chi connectivity index (χ0n) is 20.8. The van der Waals surface area contributed by atoms with E-state index in [2.05, 4.69) is 0 Å². The van der Waals surface area contributed by atoms with Crippen molar-refractivity contribution in [2.45, 2.75) is 38.8 Å². The number of phenolic OH excluding ortho intramolecular Hbond substituents is 1. The summed E-state index contributed by atoms with van der Waals surface area (Å²) in [6, 6.07) is 18.9. The van der Waals surface area contributed by atoms with Gasteiger partial charge in [-0.25, -0.2) is 0 Å². The molecule has 0 saturated carbocycles. The van der Waals surface area contributed by atoms with Crippen LogP contribution >= 0.6 is 0 Å². The predicted octanol–water partition coefficient (Wildman–Crippen LogP) is 4.78. The lowest BCUT2D eigenvalue weighted by Crippen LogP contribution is -2.31. The van der Waals surface area contributed by atoms with E-state index in [0.29, 0.717) is 30.6 Å². The molecular weight excluding hydrogens is 470 g/mol. The molecule has 2 heterocycles. The number of carbonyl (C=O) groups excluding carboxylic acids is 2. The molecule has 190 valence electrons. The van der Waals surface area contributed by atoms with Gasteiger partial charge in [0.1, 0.15) is 17.6 Å². The maximum Gasteiger partial charge on any atom is 0.295 e. The lowest BCUT2D eigenvalue weighted by molar-refractivity contribution is -0.139. The van der Waals surface area contributed by atoms with Gasteiger partial charge in [0, 0.05) is 18.5 Å². The molecule has 2 aliphatic heterocycles. The number of ether oxygens (including phenoxy) is 2. The molecule has 7 nitrogen and oxygen atoms in total. The van der Waals surface area contributed by atoms with E-state index in [1.807, 2.05) is 43.3 Å². The first kappa shape index (κ1) is 24.4. The van der Waals surface area contributed by atoms with Gasteiger partial charge in [0.25, 0.3) is 11.7 Å². The highest BCUT2D eigenvalue weighted by atomic mass is 16.5. The number of phenols is 1. The fraction of sp³-hybridized carbons (Fsp3) is 0.267. The molecule has 2 unspecified atom stereocenters. The molecule has 1 saturated heterocycles. The summed E-state index contributed by atoms with van der Waals surface area (Å²) in [6.07, 6.45) is 1.26. The number of ketones is 1. The maximum atomic E-state index is 13.4. The highest BCUT2D eigenvalue weighted by Gasteiger charge is 2.46. The number of Topliss-reactive ketones (excluding diaryl/α,β-unsaturated/α-hetero) is 1. The van der Waals surface area contributed by atoms with Crippen molar-refractivity contribution in [2.75, 3.05) is 13.2 Å². The Morgan fingerprint density at radius 3 is 2.62 bits per heavy atom. The van der Waals surface area contributed by atoms with Gasteiger partial charge in [-0.3, -0.25) is 9.59 Å². The highest BCUT2D eigenvalue weighted by molar-refractivity contribution is 6.46. The van der Waals surface area contributed by atoms with E-state index in [0.717, 1.165) is 16.9 Å². The summed E-state index contributed by atoms with van der Waals surface area (Å²) >= 11 is 0. The third-order valence-electron chi connectivity index (χ3n) is 6.79. The van der Waals surface area contributed by atoms with E-state index in [-0.39, 0.29) is 35.5 Å². The third kappa shape index (κ3) is 4.65. The van der Waals surface area contributed by atoms with Crippen molar-refractivity contribution in [3.05, 3.63) is 94.6 Å². The van der Waals surface area contributed by atoms with Crippen molar-refractivity contribution in [2.24, 2.45) is 0 Å². The molecule has 0 radical (unpaired) electrons. The number of carbonyl (C=O) groups is 2. The van der Waals surface area contributed by atoms with Gasteiger partial charge in [-0.05, 0) is 67.3 Å². The monoisotopic (exact) mass is 499 g/mol. The van der Waals surface area contributed by atoms with Gasteiger partial charge in [0.15, 0.2) is 11.5 Å². The first-order valence-electron chi connectivity index (χ1n) is 12.5. The average Bonchev–Trinajstić information content (AvgIpc) is 3.39. The topological polar surface area (TPSA) is 96.3 Å². The molecule has 1 amide bonds. The van der Waals surface area contributed by atoms with E-state index in [1.54, 1.807) is 31.2 Å². The lowest BCUT2D eigenvalue weighted by Gasteiger charge is -2.26. The molecule has 37 heavy (non-hydrogen) atoms. The molecule has 0 aliphatic carbocycles. The standard InChI is InChI=1S/C30H29NO6/c1-3-36-25-17-20(9-11-23(25)32)27-26(28(33)21-10-12-24-22(16-21)15-18(2)37-24)29(34)30(35)31(27)14-13-19-7-5-4-6-8-19/h4-12,16-18,27,32-33H,3,13-15H2,1-2H3/b28-26-. The molecule has 3 aromatic rings. The number of likely N-dealkylation sites (tertiary alicyclic amines) is 1. The molecule has 1 fully saturated rings. The number of hydrogen-bond donors (Lipinski definition) is 2. The van der Waals surface area contributed by atoms with Crippen LogP contribution in [-0.2, 0) is 22.4 Å². The fourth-order valence-corrected chi connectivity index (χ4v) is 5.05. The van der Waals surface area contributed by atoms with Crippen molar-refractivity contribution in [3.8, 4) is 17.2 Å². The molecule has 0 bridgehead atoms. The molecule has 0 aromatic heterocycles. The van der Waals surface area contributed by atoms with Crippen LogP contribution < -0.4 is 9.47 Å². The van der Waals surface area contributed by atoms with Crippen molar-refractivity contribution < 1.29 is 29.3 Å². The van der Waals surface area contributed by atoms with Gasteiger partial charge >= 0.3 is 0 Å². The third-order valence-corrected chi connectivity index (χ3v) is 6.79. The number of aromatic hydroxyl groups is 1. The Morgan fingerprint density at radius 2 is 1.86 bits per heavy atom. The molecular formula is C30H29NO6. The SMILES string of the molecule is CCOc1cc(C2/C(=C(/O)c3ccc4c(c3)CC(C)O4)C(=O)C(=O)N2CCc2ccccc2)ccc1O. The Balaban J connectivity index is 1.60. The number of aliphatic hydroxyl groups excluding tert-OH is 1. The molecule has 0 spiro atoms. The van der Waals surface area contributed by atoms with Gasteiger partial charge < -0.3 is 24.6 Å². The summed E-state index contributed by atoms with van der Waals surface area (Å²) in [5.41, 5.74) is 2.99. The Bertz CT molecular complexity index is 1380. The van der Waals surface area contributed by atoms with Crippen molar-refractivity contribution >= 4 is 17.4 Å². The summed E-state index contributed by atoms with van der Waals surface area (Å²) < 4.78 is 11.3. The molecule has 7 heteroatoms. The number of benzene rings is 3. The summed E-state index contributed by atoms with van der Waals surface area (Å²) in [5.74, 6) is -0.696. The summed E-state index contributed by atoms with van der Waals surface area (Å²) in [4.78, 5) is 28.2. The van der Waals surface area contributed by atoms with E-state index >= 15 is 0 Å². The second-order valence-corrected chi connectivity index (χ2v) is 9.34. The zero-order chi connectivity index (χ0) is 26.1. The van der Waals surface area contributed by atoms with Crippen LogP contribution in [0.5, 0.6) is 17.2 Å². The first-order valence-corrected chi connectivity index (χ1v) is 12.5. The van der Waals surface area contributed by atoms with Gasteiger partial charge in [-0.15, -0.1) is 0 Å². The highest BCUT2D eigenvalue weighted by Crippen LogP contribution is 2.42. The Labute approximate surface area is 215 Å². The number of aliphatic hydroxyl groups is 1. The lowest BCUT2D eigenvalue weighted by atomic mass is 9.94. The van der Waals surface area contributed by atoms with Gasteiger partial charge in [-0.1, -0.05) is 36.4 Å². The average molecular weight is 500 g/mol. The van der Waals surface area contributed by atoms with E-state index < -0.39 is 17.7 Å². The van der Waals surface area contributed by atoms with Crippen molar-refractivity contribution in [1.29, 1.82) is 0 Å². The second-order valence-electron chi connectivity index (χ2n) is 9.34. The van der Waals surface area contributed by atoms with Crippen LogP contribution in [0.3, 0.4) is 0 Å². The van der Waals surface area contributed by atoms with Gasteiger partial charge in [0.2, 0.25) is 0 Å². The van der Waals surface area contributed by atoms with E-state index in [9.17, 15) is 19.8 Å². The fourth-order valence-electron chi connectivity index (χ4n) is 5.05. The smallest absolute Gasteiger partial charge is 0.295 e. The largest absolute Gasteiger partial charge is 0.507 e. The molecule has 3 aromatic carbocycles.